The van der Waals surface area contributed by atoms with E-state index in [1.54, 1.807) is 12.1 Å². The van der Waals surface area contributed by atoms with Gasteiger partial charge < -0.3 is 20.1 Å². The second-order valence-corrected chi connectivity index (χ2v) is 4.93. The molecule has 1 aliphatic rings. The lowest BCUT2D eigenvalue weighted by atomic mass is 10.1. The molecule has 2 N–H and O–H groups in total. The van der Waals surface area contributed by atoms with Gasteiger partial charge in [-0.1, -0.05) is 0 Å². The van der Waals surface area contributed by atoms with E-state index in [-0.39, 0.29) is 6.10 Å². The summed E-state index contributed by atoms with van der Waals surface area (Å²) < 4.78 is 10.5. The molecule has 0 radical (unpaired) electrons. The lowest BCUT2D eigenvalue weighted by Gasteiger charge is -2.34. The van der Waals surface area contributed by atoms with Gasteiger partial charge in [0.15, 0.2) is 0 Å². The number of rotatable bonds is 4. The van der Waals surface area contributed by atoms with Crippen LogP contribution in [-0.2, 0) is 9.47 Å². The van der Waals surface area contributed by atoms with E-state index in [9.17, 15) is 4.79 Å². The summed E-state index contributed by atoms with van der Waals surface area (Å²) in [5.41, 5.74) is 7.68. The Balaban J connectivity index is 2.17. The topological polar surface area (TPSA) is 64.8 Å². The molecule has 5 nitrogen and oxygen atoms in total. The summed E-state index contributed by atoms with van der Waals surface area (Å²) in [4.78, 5) is 13.9. The number of nitrogen functional groups attached to an aromatic ring is 1. The second kappa shape index (κ2) is 6.61. The van der Waals surface area contributed by atoms with Crippen LogP contribution in [0, 0.1) is 0 Å². The van der Waals surface area contributed by atoms with Gasteiger partial charge in [0.1, 0.15) is 0 Å². The first-order valence-corrected chi connectivity index (χ1v) is 7.00. The zero-order valence-corrected chi connectivity index (χ0v) is 12.1. The van der Waals surface area contributed by atoms with E-state index in [0.29, 0.717) is 11.3 Å². The van der Waals surface area contributed by atoms with Gasteiger partial charge in [0.25, 0.3) is 0 Å². The number of esters is 1. The summed E-state index contributed by atoms with van der Waals surface area (Å²) >= 11 is 0. The van der Waals surface area contributed by atoms with Crippen molar-refractivity contribution in [2.45, 2.75) is 25.9 Å². The minimum Gasteiger partial charge on any atom is -0.465 e. The maximum atomic E-state index is 11.7. The maximum absolute atomic E-state index is 11.7. The molecule has 1 atom stereocenters. The standard InChI is InChI=1S/C15H22N2O3/c1-3-20-12-5-4-8-17(10-12)11-6-7-14(16)13(9-11)15(18)19-2/h6-7,9,12H,3-5,8,10,16H2,1-2H3. The number of carbonyl (C=O) groups is 1. The molecule has 1 saturated heterocycles. The SMILES string of the molecule is CCOC1CCCN(c2ccc(N)c(C(=O)OC)c2)C1. The van der Waals surface area contributed by atoms with Gasteiger partial charge in [-0.25, -0.2) is 4.79 Å². The molecule has 5 heteroatoms. The largest absolute Gasteiger partial charge is 0.465 e. The van der Waals surface area contributed by atoms with E-state index in [2.05, 4.69) is 4.90 Å². The van der Waals surface area contributed by atoms with Crippen LogP contribution in [0.2, 0.25) is 0 Å². The Morgan fingerprint density at radius 1 is 1.50 bits per heavy atom. The smallest absolute Gasteiger partial charge is 0.340 e. The fourth-order valence-electron chi connectivity index (χ4n) is 2.57. The van der Waals surface area contributed by atoms with Crippen LogP contribution in [0.4, 0.5) is 11.4 Å². The molecule has 20 heavy (non-hydrogen) atoms. The van der Waals surface area contributed by atoms with Crippen LogP contribution < -0.4 is 10.6 Å². The molecule has 1 heterocycles. The Bertz CT molecular complexity index is 474. The number of carbonyl (C=O) groups excluding carboxylic acids is 1. The van der Waals surface area contributed by atoms with E-state index in [0.717, 1.165) is 38.2 Å². The van der Waals surface area contributed by atoms with Crippen molar-refractivity contribution in [3.63, 3.8) is 0 Å². The van der Waals surface area contributed by atoms with E-state index >= 15 is 0 Å². The predicted octanol–water partition coefficient (Wildman–Crippen LogP) is 2.06. The number of ether oxygens (including phenoxy) is 2. The summed E-state index contributed by atoms with van der Waals surface area (Å²) in [5.74, 6) is -0.400. The fraction of sp³-hybridized carbons (Fsp3) is 0.533. The highest BCUT2D eigenvalue weighted by molar-refractivity contribution is 5.96. The monoisotopic (exact) mass is 278 g/mol. The molecule has 0 aromatic heterocycles. The molecular formula is C15H22N2O3. The van der Waals surface area contributed by atoms with Crippen molar-refractivity contribution < 1.29 is 14.3 Å². The van der Waals surface area contributed by atoms with Crippen LogP contribution in [0.5, 0.6) is 0 Å². The lowest BCUT2D eigenvalue weighted by molar-refractivity contribution is 0.0527. The molecule has 1 aliphatic heterocycles. The number of nitrogens with zero attached hydrogens (tertiary/aromatic N) is 1. The number of hydrogen-bond acceptors (Lipinski definition) is 5. The van der Waals surface area contributed by atoms with Crippen molar-refractivity contribution in [3.05, 3.63) is 23.8 Å². The quantitative estimate of drug-likeness (QED) is 0.674. The summed E-state index contributed by atoms with van der Waals surface area (Å²) in [6.07, 6.45) is 2.43. The Kier molecular flexibility index (Phi) is 4.84. The normalized spacial score (nSPS) is 18.9. The highest BCUT2D eigenvalue weighted by Crippen LogP contribution is 2.25. The zero-order valence-electron chi connectivity index (χ0n) is 12.1. The van der Waals surface area contributed by atoms with Crippen molar-refractivity contribution in [1.29, 1.82) is 0 Å². The first-order chi connectivity index (χ1) is 9.65. The van der Waals surface area contributed by atoms with Gasteiger partial charge >= 0.3 is 5.97 Å². The van der Waals surface area contributed by atoms with E-state index in [1.165, 1.54) is 7.11 Å². The number of nitrogens with two attached hydrogens (primary N) is 1. The number of anilines is 2. The number of methoxy groups -OCH3 is 1. The average molecular weight is 278 g/mol. The molecule has 1 fully saturated rings. The fourth-order valence-corrected chi connectivity index (χ4v) is 2.57. The van der Waals surface area contributed by atoms with Gasteiger partial charge in [-0.2, -0.15) is 0 Å². The second-order valence-electron chi connectivity index (χ2n) is 4.93. The first kappa shape index (κ1) is 14.7. The van der Waals surface area contributed by atoms with Gasteiger partial charge in [-0.15, -0.1) is 0 Å². The van der Waals surface area contributed by atoms with Gasteiger partial charge in [0.05, 0.1) is 18.8 Å². The number of piperidine rings is 1. The Labute approximate surface area is 119 Å². The molecule has 0 spiro atoms. The third kappa shape index (κ3) is 3.22. The molecule has 2 rings (SSSR count). The lowest BCUT2D eigenvalue weighted by Crippen LogP contribution is -2.39. The molecule has 0 bridgehead atoms. The highest BCUT2D eigenvalue weighted by Gasteiger charge is 2.21. The van der Waals surface area contributed by atoms with Crippen molar-refractivity contribution in [1.82, 2.24) is 0 Å². The summed E-state index contributed by atoms with van der Waals surface area (Å²) in [7, 11) is 1.36. The summed E-state index contributed by atoms with van der Waals surface area (Å²) in [6.45, 7) is 4.55. The van der Waals surface area contributed by atoms with Gasteiger partial charge in [0.2, 0.25) is 0 Å². The molecule has 1 aromatic carbocycles. The third-order valence-electron chi connectivity index (χ3n) is 3.59. The van der Waals surface area contributed by atoms with E-state index in [4.69, 9.17) is 15.2 Å². The summed E-state index contributed by atoms with van der Waals surface area (Å²) in [5, 5.41) is 0. The molecule has 0 aliphatic carbocycles. The van der Waals surface area contributed by atoms with Crippen molar-refractivity contribution in [2.75, 3.05) is 37.4 Å². The van der Waals surface area contributed by atoms with Gasteiger partial charge in [-0.05, 0) is 38.0 Å². The number of benzene rings is 1. The van der Waals surface area contributed by atoms with Crippen LogP contribution in [0.1, 0.15) is 30.1 Å². The third-order valence-corrected chi connectivity index (χ3v) is 3.59. The molecule has 0 saturated carbocycles. The minimum atomic E-state index is -0.400. The minimum absolute atomic E-state index is 0.257. The zero-order chi connectivity index (χ0) is 14.5. The highest BCUT2D eigenvalue weighted by atomic mass is 16.5. The van der Waals surface area contributed by atoms with Crippen molar-refractivity contribution in [2.24, 2.45) is 0 Å². The van der Waals surface area contributed by atoms with Gasteiger partial charge in [-0.3, -0.25) is 0 Å². The molecule has 1 aromatic rings. The Morgan fingerprint density at radius 2 is 2.30 bits per heavy atom. The van der Waals surface area contributed by atoms with Crippen molar-refractivity contribution >= 4 is 17.3 Å². The van der Waals surface area contributed by atoms with E-state index in [1.807, 2.05) is 13.0 Å². The van der Waals surface area contributed by atoms with Crippen molar-refractivity contribution in [3.8, 4) is 0 Å². The van der Waals surface area contributed by atoms with Gasteiger partial charge in [0, 0.05) is 31.1 Å². The van der Waals surface area contributed by atoms with E-state index < -0.39 is 5.97 Å². The van der Waals surface area contributed by atoms with Crippen LogP contribution >= 0.6 is 0 Å². The maximum Gasteiger partial charge on any atom is 0.340 e. The molecule has 110 valence electrons. The molecular weight excluding hydrogens is 256 g/mol. The summed E-state index contributed by atoms with van der Waals surface area (Å²) in [6, 6.07) is 5.50. The first-order valence-electron chi connectivity index (χ1n) is 7.00. The Hall–Kier alpha value is -1.75. The number of hydrogen-bond donors (Lipinski definition) is 1. The molecule has 0 amide bonds. The van der Waals surface area contributed by atoms with Crippen LogP contribution in [0.15, 0.2) is 18.2 Å². The van der Waals surface area contributed by atoms with Crippen LogP contribution in [0.25, 0.3) is 0 Å². The average Bonchev–Trinajstić information content (AvgIpc) is 2.47. The Morgan fingerprint density at radius 3 is 3.00 bits per heavy atom. The predicted molar refractivity (Wildman–Crippen MR) is 79.1 cm³/mol. The van der Waals surface area contributed by atoms with Crippen LogP contribution in [-0.4, -0.2) is 38.9 Å². The molecule has 1 unspecified atom stereocenters. The van der Waals surface area contributed by atoms with Crippen LogP contribution in [0.3, 0.4) is 0 Å².